The maximum Gasteiger partial charge on any atom is 0.239 e. The second kappa shape index (κ2) is 11.2. The van der Waals surface area contributed by atoms with E-state index in [1.165, 1.54) is 0 Å². The molecule has 1 unspecified atom stereocenters. The van der Waals surface area contributed by atoms with Crippen LogP contribution in [-0.2, 0) is 9.53 Å². The molecule has 0 saturated carbocycles. The van der Waals surface area contributed by atoms with Gasteiger partial charge in [0.05, 0.1) is 19.2 Å². The number of hydrogen-bond donors (Lipinski definition) is 2. The number of hydrogen-bond acceptors (Lipinski definition) is 4. The number of anilines is 1. The summed E-state index contributed by atoms with van der Waals surface area (Å²) in [4.78, 5) is 12.3. The lowest BCUT2D eigenvalue weighted by Crippen LogP contribution is -2.33. The van der Waals surface area contributed by atoms with Crippen LogP contribution >= 0.6 is 0 Å². The minimum atomic E-state index is -0.0385. The summed E-state index contributed by atoms with van der Waals surface area (Å²) in [5, 5.41) is 6.21. The minimum Gasteiger partial charge on any atom is -0.491 e. The van der Waals surface area contributed by atoms with Gasteiger partial charge < -0.3 is 20.1 Å². The van der Waals surface area contributed by atoms with Crippen molar-refractivity contribution in [1.82, 2.24) is 5.32 Å². The molecule has 1 amide bonds. The van der Waals surface area contributed by atoms with E-state index in [4.69, 9.17) is 9.47 Å². The van der Waals surface area contributed by atoms with Crippen LogP contribution < -0.4 is 15.4 Å². The maximum atomic E-state index is 12.3. The average Bonchev–Trinajstić information content (AvgIpc) is 2.69. The summed E-state index contributed by atoms with van der Waals surface area (Å²) in [6.45, 7) is 5.99. The zero-order chi connectivity index (χ0) is 18.6. The molecule has 2 aromatic rings. The number of ether oxygens (including phenoxy) is 2. The van der Waals surface area contributed by atoms with Gasteiger partial charge in [0, 0.05) is 18.4 Å². The Hall–Kier alpha value is -2.53. The van der Waals surface area contributed by atoms with E-state index in [1.54, 1.807) is 0 Å². The van der Waals surface area contributed by atoms with Crippen LogP contribution in [0.4, 0.5) is 5.69 Å². The summed E-state index contributed by atoms with van der Waals surface area (Å²) in [6.07, 6.45) is 0.846. The highest BCUT2D eigenvalue weighted by atomic mass is 16.5. The van der Waals surface area contributed by atoms with E-state index in [0.29, 0.717) is 19.8 Å². The molecule has 2 aromatic carbocycles. The molecule has 0 fully saturated rings. The Morgan fingerprint density at radius 1 is 1.04 bits per heavy atom. The smallest absolute Gasteiger partial charge is 0.239 e. The Kier molecular flexibility index (Phi) is 8.49. The second-order valence-corrected chi connectivity index (χ2v) is 5.87. The summed E-state index contributed by atoms with van der Waals surface area (Å²) in [6, 6.07) is 17.6. The predicted molar refractivity (Wildman–Crippen MR) is 105 cm³/mol. The summed E-state index contributed by atoms with van der Waals surface area (Å²) in [7, 11) is 0. The Labute approximate surface area is 155 Å². The summed E-state index contributed by atoms with van der Waals surface area (Å²) < 4.78 is 10.9. The zero-order valence-corrected chi connectivity index (χ0v) is 15.5. The van der Waals surface area contributed by atoms with Gasteiger partial charge in [0.25, 0.3) is 0 Å². The van der Waals surface area contributed by atoms with Crippen LogP contribution in [0.25, 0.3) is 0 Å². The highest BCUT2D eigenvalue weighted by Gasteiger charge is 2.12. The van der Waals surface area contributed by atoms with Crippen molar-refractivity contribution in [3.8, 4) is 5.75 Å². The molecule has 0 spiro atoms. The summed E-state index contributed by atoms with van der Waals surface area (Å²) >= 11 is 0. The Balaban J connectivity index is 1.81. The third kappa shape index (κ3) is 6.76. The summed E-state index contributed by atoms with van der Waals surface area (Å²) in [5.41, 5.74) is 1.97. The molecular weight excluding hydrogens is 328 g/mol. The fourth-order valence-corrected chi connectivity index (χ4v) is 2.59. The second-order valence-electron chi connectivity index (χ2n) is 5.87. The quantitative estimate of drug-likeness (QED) is 0.602. The van der Waals surface area contributed by atoms with Crippen molar-refractivity contribution < 1.29 is 14.3 Å². The largest absolute Gasteiger partial charge is 0.491 e. The van der Waals surface area contributed by atoms with Crippen molar-refractivity contribution in [2.45, 2.75) is 26.3 Å². The van der Waals surface area contributed by atoms with E-state index in [-0.39, 0.29) is 18.5 Å². The third-order valence-electron chi connectivity index (χ3n) is 3.93. The number of amides is 1. The number of carbonyl (C=O) groups excluding carboxylic acids is 1. The first kappa shape index (κ1) is 19.8. The van der Waals surface area contributed by atoms with Gasteiger partial charge >= 0.3 is 0 Å². The van der Waals surface area contributed by atoms with E-state index in [1.807, 2.05) is 61.5 Å². The molecule has 0 bridgehead atoms. The van der Waals surface area contributed by atoms with Crippen LogP contribution in [-0.4, -0.2) is 32.3 Å². The lowest BCUT2D eigenvalue weighted by Gasteiger charge is -2.18. The molecule has 5 heteroatoms. The van der Waals surface area contributed by atoms with E-state index in [9.17, 15) is 4.79 Å². The van der Waals surface area contributed by atoms with Gasteiger partial charge in [-0.1, -0.05) is 43.3 Å². The molecule has 2 rings (SSSR count). The first-order valence-electron chi connectivity index (χ1n) is 9.11. The fraction of sp³-hybridized carbons (Fsp3) is 0.381. The molecular formula is C21H28N2O3. The van der Waals surface area contributed by atoms with E-state index in [0.717, 1.165) is 23.4 Å². The van der Waals surface area contributed by atoms with Gasteiger partial charge in [-0.2, -0.15) is 0 Å². The van der Waals surface area contributed by atoms with Crippen molar-refractivity contribution in [2.75, 3.05) is 31.7 Å². The van der Waals surface area contributed by atoms with E-state index < -0.39 is 0 Å². The molecule has 26 heavy (non-hydrogen) atoms. The van der Waals surface area contributed by atoms with Gasteiger partial charge in [0.1, 0.15) is 12.4 Å². The standard InChI is InChI=1S/C21H28N2O3/c1-3-20(17-9-6-5-7-10-17)23-21(24)16-22-18-11-8-12-19(15-18)26-14-13-25-4-2/h5-12,15,20,22H,3-4,13-14,16H2,1-2H3,(H,23,24). The summed E-state index contributed by atoms with van der Waals surface area (Å²) in [5.74, 6) is 0.717. The van der Waals surface area contributed by atoms with Gasteiger partial charge in [-0.15, -0.1) is 0 Å². The van der Waals surface area contributed by atoms with Gasteiger partial charge in [0.2, 0.25) is 5.91 Å². The van der Waals surface area contributed by atoms with Crippen LogP contribution in [0.1, 0.15) is 31.9 Å². The molecule has 1 atom stereocenters. The van der Waals surface area contributed by atoms with Crippen LogP contribution in [0.2, 0.25) is 0 Å². The number of carbonyl (C=O) groups is 1. The Bertz CT molecular complexity index is 661. The highest BCUT2D eigenvalue weighted by molar-refractivity contribution is 5.81. The Morgan fingerprint density at radius 2 is 1.85 bits per heavy atom. The van der Waals surface area contributed by atoms with E-state index >= 15 is 0 Å². The van der Waals surface area contributed by atoms with Crippen LogP contribution in [0.3, 0.4) is 0 Å². The molecule has 0 aliphatic carbocycles. The lowest BCUT2D eigenvalue weighted by atomic mass is 10.0. The first-order valence-corrected chi connectivity index (χ1v) is 9.11. The number of benzene rings is 2. The number of rotatable bonds is 11. The molecule has 0 radical (unpaired) electrons. The van der Waals surface area contributed by atoms with Gasteiger partial charge in [-0.25, -0.2) is 0 Å². The van der Waals surface area contributed by atoms with Crippen molar-refractivity contribution in [1.29, 1.82) is 0 Å². The van der Waals surface area contributed by atoms with E-state index in [2.05, 4.69) is 17.6 Å². The molecule has 2 N–H and O–H groups in total. The van der Waals surface area contributed by atoms with Crippen LogP contribution in [0.15, 0.2) is 54.6 Å². The molecule has 0 aliphatic heterocycles. The zero-order valence-electron chi connectivity index (χ0n) is 15.5. The topological polar surface area (TPSA) is 59.6 Å². The van der Waals surface area contributed by atoms with Crippen molar-refractivity contribution >= 4 is 11.6 Å². The molecule has 0 saturated heterocycles. The predicted octanol–water partition coefficient (Wildman–Crippen LogP) is 3.78. The van der Waals surface area contributed by atoms with Gasteiger partial charge in [0.15, 0.2) is 0 Å². The highest BCUT2D eigenvalue weighted by Crippen LogP contribution is 2.18. The molecule has 0 aromatic heterocycles. The monoisotopic (exact) mass is 356 g/mol. The molecule has 140 valence electrons. The van der Waals surface area contributed by atoms with Crippen LogP contribution in [0.5, 0.6) is 5.75 Å². The molecule has 5 nitrogen and oxygen atoms in total. The number of nitrogens with one attached hydrogen (secondary N) is 2. The van der Waals surface area contributed by atoms with Crippen molar-refractivity contribution in [3.63, 3.8) is 0 Å². The average molecular weight is 356 g/mol. The van der Waals surface area contributed by atoms with Crippen molar-refractivity contribution in [2.24, 2.45) is 0 Å². The fourth-order valence-electron chi connectivity index (χ4n) is 2.59. The van der Waals surface area contributed by atoms with Gasteiger partial charge in [-0.05, 0) is 31.0 Å². The normalized spacial score (nSPS) is 11.6. The first-order chi connectivity index (χ1) is 12.7. The lowest BCUT2D eigenvalue weighted by molar-refractivity contribution is -0.120. The molecule has 0 heterocycles. The molecule has 0 aliphatic rings. The Morgan fingerprint density at radius 3 is 2.58 bits per heavy atom. The van der Waals surface area contributed by atoms with Crippen LogP contribution in [0, 0.1) is 0 Å². The van der Waals surface area contributed by atoms with Crippen molar-refractivity contribution in [3.05, 3.63) is 60.2 Å². The van der Waals surface area contributed by atoms with Gasteiger partial charge in [-0.3, -0.25) is 4.79 Å². The SMILES string of the molecule is CCOCCOc1cccc(NCC(=O)NC(CC)c2ccccc2)c1. The third-order valence-corrected chi connectivity index (χ3v) is 3.93. The minimum absolute atomic E-state index is 0.0266. The maximum absolute atomic E-state index is 12.3.